The van der Waals surface area contributed by atoms with Gasteiger partial charge in [0.2, 0.25) is 0 Å². The van der Waals surface area contributed by atoms with Crippen molar-refractivity contribution in [3.05, 3.63) is 24.3 Å². The molecular weight excluding hydrogens is 160 g/mol. The van der Waals surface area contributed by atoms with Crippen LogP contribution in [-0.2, 0) is 0 Å². The van der Waals surface area contributed by atoms with E-state index in [1.807, 2.05) is 0 Å². The number of hydrogen-bond donors (Lipinski definition) is 1. The van der Waals surface area contributed by atoms with Crippen LogP contribution in [0.1, 0.15) is 6.92 Å². The van der Waals surface area contributed by atoms with E-state index < -0.39 is 0 Å². The third-order valence-corrected chi connectivity index (χ3v) is 2.54. The second kappa shape index (κ2) is 3.29. The van der Waals surface area contributed by atoms with Gasteiger partial charge in [-0.1, -0.05) is 19.1 Å². The molecule has 1 aliphatic heterocycles. The zero-order chi connectivity index (χ0) is 9.26. The van der Waals surface area contributed by atoms with Crippen LogP contribution in [0.5, 0.6) is 0 Å². The topological polar surface area (TPSA) is 15.3 Å². The summed E-state index contributed by atoms with van der Waals surface area (Å²) in [7, 11) is 2.16. The molecule has 0 saturated heterocycles. The molecule has 1 aliphatic rings. The van der Waals surface area contributed by atoms with Crippen LogP contribution in [0.25, 0.3) is 0 Å². The lowest BCUT2D eigenvalue weighted by molar-refractivity contribution is 0.618. The van der Waals surface area contributed by atoms with E-state index in [1.54, 1.807) is 0 Å². The van der Waals surface area contributed by atoms with Gasteiger partial charge in [-0.15, -0.1) is 0 Å². The molecule has 1 aromatic rings. The number of fused-ring (bicyclic) bond motifs is 1. The van der Waals surface area contributed by atoms with Crippen LogP contribution in [0.4, 0.5) is 11.4 Å². The van der Waals surface area contributed by atoms with Gasteiger partial charge in [0.25, 0.3) is 0 Å². The van der Waals surface area contributed by atoms with Crippen molar-refractivity contribution < 1.29 is 0 Å². The van der Waals surface area contributed by atoms with Crippen LogP contribution in [0, 0.1) is 5.92 Å². The summed E-state index contributed by atoms with van der Waals surface area (Å²) in [5.41, 5.74) is 2.57. The van der Waals surface area contributed by atoms with Gasteiger partial charge in [0.15, 0.2) is 0 Å². The van der Waals surface area contributed by atoms with Gasteiger partial charge >= 0.3 is 0 Å². The molecule has 1 N–H and O–H groups in total. The molecule has 0 fully saturated rings. The molecule has 0 saturated carbocycles. The highest BCUT2D eigenvalue weighted by molar-refractivity contribution is 5.70. The number of anilines is 2. The summed E-state index contributed by atoms with van der Waals surface area (Å²) in [5.74, 6) is 0.706. The van der Waals surface area contributed by atoms with Crippen LogP contribution in [0.3, 0.4) is 0 Å². The van der Waals surface area contributed by atoms with Gasteiger partial charge in [0.05, 0.1) is 11.4 Å². The van der Waals surface area contributed by atoms with E-state index in [9.17, 15) is 0 Å². The molecule has 13 heavy (non-hydrogen) atoms. The second-order valence-corrected chi connectivity index (χ2v) is 3.88. The number of nitrogens with one attached hydrogen (secondary N) is 1. The molecule has 1 heterocycles. The minimum atomic E-state index is 0.706. The van der Waals surface area contributed by atoms with Crippen LogP contribution >= 0.6 is 0 Å². The third kappa shape index (κ3) is 1.62. The van der Waals surface area contributed by atoms with E-state index in [1.165, 1.54) is 11.4 Å². The first kappa shape index (κ1) is 8.42. The SMILES string of the molecule is C[C@@H]1CNc2ccccc2N(C)C1. The van der Waals surface area contributed by atoms with Gasteiger partial charge in [-0.05, 0) is 18.1 Å². The molecule has 1 atom stereocenters. The van der Waals surface area contributed by atoms with Gasteiger partial charge in [-0.2, -0.15) is 0 Å². The molecule has 2 nitrogen and oxygen atoms in total. The molecule has 0 aliphatic carbocycles. The Hall–Kier alpha value is -1.18. The lowest BCUT2D eigenvalue weighted by Crippen LogP contribution is -2.23. The van der Waals surface area contributed by atoms with Crippen molar-refractivity contribution in [2.45, 2.75) is 6.92 Å². The van der Waals surface area contributed by atoms with Gasteiger partial charge < -0.3 is 10.2 Å². The Bertz CT molecular complexity index is 296. The molecular formula is C11H16N2. The summed E-state index contributed by atoms with van der Waals surface area (Å²) in [6.45, 7) is 4.47. The molecule has 0 bridgehead atoms. The first-order chi connectivity index (χ1) is 6.27. The molecule has 2 heteroatoms. The summed E-state index contributed by atoms with van der Waals surface area (Å²) < 4.78 is 0. The Morgan fingerprint density at radius 1 is 1.38 bits per heavy atom. The van der Waals surface area contributed by atoms with Crippen LogP contribution in [0.2, 0.25) is 0 Å². The summed E-state index contributed by atoms with van der Waals surface area (Å²) >= 11 is 0. The second-order valence-electron chi connectivity index (χ2n) is 3.88. The summed E-state index contributed by atoms with van der Waals surface area (Å²) in [4.78, 5) is 2.32. The summed E-state index contributed by atoms with van der Waals surface area (Å²) in [5, 5.41) is 3.46. The molecule has 70 valence electrons. The van der Waals surface area contributed by atoms with Crippen molar-refractivity contribution in [3.8, 4) is 0 Å². The predicted octanol–water partition coefficient (Wildman–Crippen LogP) is 2.18. The molecule has 2 rings (SSSR count). The van der Waals surface area contributed by atoms with E-state index in [0.29, 0.717) is 5.92 Å². The standard InChI is InChI=1S/C11H16N2/c1-9-7-12-10-5-3-4-6-11(10)13(2)8-9/h3-6,9,12H,7-8H2,1-2H3/t9-/m1/s1. The minimum absolute atomic E-state index is 0.706. The quantitative estimate of drug-likeness (QED) is 0.652. The van der Waals surface area contributed by atoms with Gasteiger partial charge in [-0.3, -0.25) is 0 Å². The Balaban J connectivity index is 2.35. The Kier molecular flexibility index (Phi) is 2.13. The number of para-hydroxylation sites is 2. The number of nitrogens with zero attached hydrogens (tertiary/aromatic N) is 1. The maximum atomic E-state index is 3.46. The zero-order valence-electron chi connectivity index (χ0n) is 8.25. The molecule has 0 spiro atoms. The van der Waals surface area contributed by atoms with Crippen LogP contribution in [0.15, 0.2) is 24.3 Å². The van der Waals surface area contributed by atoms with Crippen molar-refractivity contribution in [3.63, 3.8) is 0 Å². The van der Waals surface area contributed by atoms with Crippen LogP contribution in [-0.4, -0.2) is 20.1 Å². The number of rotatable bonds is 0. The third-order valence-electron chi connectivity index (χ3n) is 2.54. The van der Waals surface area contributed by atoms with Gasteiger partial charge in [0.1, 0.15) is 0 Å². The highest BCUT2D eigenvalue weighted by atomic mass is 15.1. The average molecular weight is 176 g/mol. The lowest BCUT2D eigenvalue weighted by Gasteiger charge is -2.20. The minimum Gasteiger partial charge on any atom is -0.383 e. The van der Waals surface area contributed by atoms with Crippen molar-refractivity contribution in [1.29, 1.82) is 0 Å². The largest absolute Gasteiger partial charge is 0.383 e. The smallest absolute Gasteiger partial charge is 0.0599 e. The van der Waals surface area contributed by atoms with E-state index in [2.05, 4.69) is 48.5 Å². The van der Waals surface area contributed by atoms with E-state index in [4.69, 9.17) is 0 Å². The highest BCUT2D eigenvalue weighted by Gasteiger charge is 2.14. The highest BCUT2D eigenvalue weighted by Crippen LogP contribution is 2.27. The molecule has 1 aromatic carbocycles. The van der Waals surface area contributed by atoms with Gasteiger partial charge in [-0.25, -0.2) is 0 Å². The van der Waals surface area contributed by atoms with Crippen molar-refractivity contribution in [1.82, 2.24) is 0 Å². The van der Waals surface area contributed by atoms with E-state index >= 15 is 0 Å². The molecule has 0 unspecified atom stereocenters. The maximum absolute atomic E-state index is 3.46. The molecule has 0 aromatic heterocycles. The lowest BCUT2D eigenvalue weighted by atomic mass is 10.2. The molecule has 0 amide bonds. The Morgan fingerprint density at radius 2 is 2.15 bits per heavy atom. The zero-order valence-corrected chi connectivity index (χ0v) is 8.25. The average Bonchev–Trinajstić information content (AvgIpc) is 2.27. The fraction of sp³-hybridized carbons (Fsp3) is 0.455. The van der Waals surface area contributed by atoms with E-state index in [0.717, 1.165) is 13.1 Å². The fourth-order valence-corrected chi connectivity index (χ4v) is 1.87. The first-order valence-corrected chi connectivity index (χ1v) is 4.81. The first-order valence-electron chi connectivity index (χ1n) is 4.81. The predicted molar refractivity (Wildman–Crippen MR) is 57.4 cm³/mol. The molecule has 0 radical (unpaired) electrons. The van der Waals surface area contributed by atoms with Crippen molar-refractivity contribution in [2.24, 2.45) is 5.92 Å². The monoisotopic (exact) mass is 176 g/mol. The normalized spacial score (nSPS) is 21.7. The fourth-order valence-electron chi connectivity index (χ4n) is 1.87. The van der Waals surface area contributed by atoms with Gasteiger partial charge in [0, 0.05) is 20.1 Å². The summed E-state index contributed by atoms with van der Waals surface area (Å²) in [6, 6.07) is 8.48. The van der Waals surface area contributed by atoms with E-state index in [-0.39, 0.29) is 0 Å². The van der Waals surface area contributed by atoms with Crippen LogP contribution < -0.4 is 10.2 Å². The number of hydrogen-bond acceptors (Lipinski definition) is 2. The Labute approximate surface area is 79.6 Å². The Morgan fingerprint density at radius 3 is 3.00 bits per heavy atom. The van der Waals surface area contributed by atoms with Crippen molar-refractivity contribution in [2.75, 3.05) is 30.4 Å². The summed E-state index contributed by atoms with van der Waals surface area (Å²) in [6.07, 6.45) is 0. The van der Waals surface area contributed by atoms with Crippen molar-refractivity contribution >= 4 is 11.4 Å². The maximum Gasteiger partial charge on any atom is 0.0599 e. The number of benzene rings is 1.